The van der Waals surface area contributed by atoms with Crippen LogP contribution in [0.15, 0.2) is 30.3 Å². The van der Waals surface area contributed by atoms with Crippen LogP contribution in [0.5, 0.6) is 0 Å². The van der Waals surface area contributed by atoms with Crippen LogP contribution in [-0.2, 0) is 19.1 Å². The SMILES string of the molecule is CS(=O)(=O)OC(c1ccccc1)C(N)C(=O)O. The second-order valence-corrected chi connectivity index (χ2v) is 5.10. The number of rotatable bonds is 5. The maximum atomic E-state index is 11.1. The smallest absolute Gasteiger partial charge is 0.323 e. The predicted molar refractivity (Wildman–Crippen MR) is 60.7 cm³/mol. The van der Waals surface area contributed by atoms with Crippen molar-refractivity contribution in [1.82, 2.24) is 0 Å². The Morgan fingerprint density at radius 1 is 1.35 bits per heavy atom. The first kappa shape index (κ1) is 13.6. The third-order valence-electron chi connectivity index (χ3n) is 2.02. The molecule has 0 saturated heterocycles. The summed E-state index contributed by atoms with van der Waals surface area (Å²) in [6, 6.07) is 6.66. The highest BCUT2D eigenvalue weighted by Crippen LogP contribution is 2.22. The van der Waals surface area contributed by atoms with Crippen molar-refractivity contribution in [1.29, 1.82) is 0 Å². The van der Waals surface area contributed by atoms with Gasteiger partial charge in [-0.15, -0.1) is 0 Å². The number of carboxylic acids is 1. The van der Waals surface area contributed by atoms with Crippen LogP contribution in [0, 0.1) is 0 Å². The maximum absolute atomic E-state index is 11.1. The molecule has 0 heterocycles. The van der Waals surface area contributed by atoms with Crippen LogP contribution in [0.25, 0.3) is 0 Å². The Balaban J connectivity index is 3.07. The first-order valence-corrected chi connectivity index (χ1v) is 6.54. The first-order chi connectivity index (χ1) is 7.81. The van der Waals surface area contributed by atoms with Gasteiger partial charge in [-0.1, -0.05) is 30.3 Å². The summed E-state index contributed by atoms with van der Waals surface area (Å²) in [5.74, 6) is -1.33. The number of nitrogens with two attached hydrogens (primary N) is 1. The fourth-order valence-corrected chi connectivity index (χ4v) is 1.89. The molecule has 2 atom stereocenters. The van der Waals surface area contributed by atoms with E-state index < -0.39 is 28.2 Å². The molecule has 17 heavy (non-hydrogen) atoms. The molecule has 94 valence electrons. The van der Waals surface area contributed by atoms with Crippen molar-refractivity contribution >= 4 is 16.1 Å². The van der Waals surface area contributed by atoms with Crippen LogP contribution in [0.1, 0.15) is 11.7 Å². The number of carbonyl (C=O) groups is 1. The Bertz CT molecular complexity index is 485. The average Bonchev–Trinajstić information content (AvgIpc) is 2.25. The molecule has 0 bridgehead atoms. The first-order valence-electron chi connectivity index (χ1n) is 4.73. The summed E-state index contributed by atoms with van der Waals surface area (Å²) in [5, 5.41) is 8.81. The number of hydrogen-bond donors (Lipinski definition) is 2. The fraction of sp³-hybridized carbons (Fsp3) is 0.300. The van der Waals surface area contributed by atoms with Crippen molar-refractivity contribution < 1.29 is 22.5 Å². The number of aliphatic carboxylic acids is 1. The molecule has 2 unspecified atom stereocenters. The molecule has 0 aliphatic heterocycles. The van der Waals surface area contributed by atoms with Gasteiger partial charge in [0, 0.05) is 0 Å². The second-order valence-electron chi connectivity index (χ2n) is 3.50. The summed E-state index contributed by atoms with van der Waals surface area (Å²) < 4.78 is 26.9. The van der Waals surface area contributed by atoms with Crippen LogP contribution < -0.4 is 5.73 Å². The van der Waals surface area contributed by atoms with Gasteiger partial charge < -0.3 is 10.8 Å². The molecule has 0 aliphatic carbocycles. The molecule has 3 N–H and O–H groups in total. The van der Waals surface area contributed by atoms with Crippen molar-refractivity contribution in [3.8, 4) is 0 Å². The lowest BCUT2D eigenvalue weighted by Gasteiger charge is -2.20. The zero-order valence-electron chi connectivity index (χ0n) is 9.11. The van der Waals surface area contributed by atoms with Gasteiger partial charge in [-0.2, -0.15) is 8.42 Å². The molecule has 0 aromatic heterocycles. The third kappa shape index (κ3) is 4.14. The number of hydrogen-bond acceptors (Lipinski definition) is 5. The Morgan fingerprint density at radius 2 is 1.88 bits per heavy atom. The lowest BCUT2D eigenvalue weighted by atomic mass is 10.0. The molecule has 0 amide bonds. The topological polar surface area (TPSA) is 107 Å². The monoisotopic (exact) mass is 259 g/mol. The van der Waals surface area contributed by atoms with E-state index in [9.17, 15) is 13.2 Å². The highest BCUT2D eigenvalue weighted by atomic mass is 32.2. The van der Waals surface area contributed by atoms with Gasteiger partial charge in [0.2, 0.25) is 0 Å². The normalized spacial score (nSPS) is 15.2. The molecule has 1 rings (SSSR count). The minimum absolute atomic E-state index is 0.396. The molecule has 0 saturated carbocycles. The minimum Gasteiger partial charge on any atom is -0.480 e. The van der Waals surface area contributed by atoms with Crippen LogP contribution in [0.3, 0.4) is 0 Å². The predicted octanol–water partition coefficient (Wildman–Crippen LogP) is 0.116. The van der Waals surface area contributed by atoms with Gasteiger partial charge >= 0.3 is 5.97 Å². The molecular formula is C10H13NO5S. The highest BCUT2D eigenvalue weighted by molar-refractivity contribution is 7.86. The molecule has 0 aliphatic rings. The summed E-state index contributed by atoms with van der Waals surface area (Å²) in [5.41, 5.74) is 5.81. The van der Waals surface area contributed by atoms with Gasteiger partial charge in [0.25, 0.3) is 10.1 Å². The van der Waals surface area contributed by atoms with E-state index in [1.54, 1.807) is 30.3 Å². The quantitative estimate of drug-likeness (QED) is 0.727. The minimum atomic E-state index is -3.79. The van der Waals surface area contributed by atoms with Crippen molar-refractivity contribution in [3.63, 3.8) is 0 Å². The van der Waals surface area contributed by atoms with Gasteiger partial charge in [0.15, 0.2) is 0 Å². The largest absolute Gasteiger partial charge is 0.480 e. The van der Waals surface area contributed by atoms with Crippen LogP contribution in [-0.4, -0.2) is 31.8 Å². The van der Waals surface area contributed by atoms with E-state index in [1.165, 1.54) is 0 Å². The number of carboxylic acid groups (broad SMARTS) is 1. The average molecular weight is 259 g/mol. The number of benzene rings is 1. The summed E-state index contributed by atoms with van der Waals surface area (Å²) >= 11 is 0. The lowest BCUT2D eigenvalue weighted by molar-refractivity contribution is -0.140. The highest BCUT2D eigenvalue weighted by Gasteiger charge is 2.29. The molecule has 0 radical (unpaired) electrons. The zero-order chi connectivity index (χ0) is 13.1. The van der Waals surface area contributed by atoms with E-state index in [2.05, 4.69) is 0 Å². The van der Waals surface area contributed by atoms with Gasteiger partial charge in [0.1, 0.15) is 12.1 Å². The molecular weight excluding hydrogens is 246 g/mol. The zero-order valence-corrected chi connectivity index (χ0v) is 9.92. The van der Waals surface area contributed by atoms with E-state index in [4.69, 9.17) is 15.0 Å². The molecule has 1 aromatic carbocycles. The van der Waals surface area contributed by atoms with E-state index in [0.29, 0.717) is 5.56 Å². The Hall–Kier alpha value is -1.44. The second kappa shape index (κ2) is 5.26. The molecule has 0 fully saturated rings. The Kier molecular flexibility index (Phi) is 4.22. The van der Waals surface area contributed by atoms with Crippen molar-refractivity contribution in [2.45, 2.75) is 12.1 Å². The van der Waals surface area contributed by atoms with Crippen LogP contribution in [0.2, 0.25) is 0 Å². The summed E-state index contributed by atoms with van der Waals surface area (Å²) in [6.07, 6.45) is -0.388. The Labute approximate surface area is 99.1 Å². The van der Waals surface area contributed by atoms with Crippen LogP contribution in [0.4, 0.5) is 0 Å². The lowest BCUT2D eigenvalue weighted by Crippen LogP contribution is -2.38. The molecule has 7 heteroatoms. The fourth-order valence-electron chi connectivity index (χ4n) is 1.28. The summed E-state index contributed by atoms with van der Waals surface area (Å²) in [4.78, 5) is 10.8. The standard InChI is InChI=1S/C10H13NO5S/c1-17(14,15)16-9(8(11)10(12)13)7-5-3-2-4-6-7/h2-6,8-9H,11H2,1H3,(H,12,13). The van der Waals surface area contributed by atoms with Gasteiger partial charge in [0.05, 0.1) is 6.26 Å². The Morgan fingerprint density at radius 3 is 2.29 bits per heavy atom. The van der Waals surface area contributed by atoms with Gasteiger partial charge in [-0.05, 0) is 5.56 Å². The van der Waals surface area contributed by atoms with Crippen molar-refractivity contribution in [3.05, 3.63) is 35.9 Å². The van der Waals surface area contributed by atoms with E-state index in [1.807, 2.05) is 0 Å². The summed E-state index contributed by atoms with van der Waals surface area (Å²) in [6.45, 7) is 0. The van der Waals surface area contributed by atoms with Gasteiger partial charge in [-0.3, -0.25) is 8.98 Å². The van der Waals surface area contributed by atoms with E-state index in [-0.39, 0.29) is 0 Å². The van der Waals surface area contributed by atoms with E-state index in [0.717, 1.165) is 6.26 Å². The summed E-state index contributed by atoms with van der Waals surface area (Å²) in [7, 11) is -3.79. The van der Waals surface area contributed by atoms with E-state index >= 15 is 0 Å². The van der Waals surface area contributed by atoms with Crippen molar-refractivity contribution in [2.24, 2.45) is 5.73 Å². The van der Waals surface area contributed by atoms with Gasteiger partial charge in [-0.25, -0.2) is 0 Å². The molecule has 1 aromatic rings. The maximum Gasteiger partial charge on any atom is 0.323 e. The molecule has 6 nitrogen and oxygen atoms in total. The van der Waals surface area contributed by atoms with Crippen LogP contribution >= 0.6 is 0 Å². The third-order valence-corrected chi connectivity index (χ3v) is 2.57. The van der Waals surface area contributed by atoms with Crippen molar-refractivity contribution in [2.75, 3.05) is 6.26 Å². The molecule has 0 spiro atoms.